The van der Waals surface area contributed by atoms with Crippen LogP contribution in [0.4, 0.5) is 17.1 Å². The molecular weight excluding hydrogens is 675 g/mol. The zero-order chi connectivity index (χ0) is 37.6. The summed E-state index contributed by atoms with van der Waals surface area (Å²) in [5, 5.41) is 2.41. The molecule has 0 N–H and O–H groups in total. The molecule has 0 heterocycles. The molecule has 10 rings (SSSR count). The first-order chi connectivity index (χ1) is 27.6. The van der Waals surface area contributed by atoms with Gasteiger partial charge < -0.3 is 4.90 Å². The van der Waals surface area contributed by atoms with E-state index in [1.165, 1.54) is 77.5 Å². The Hall–Kier alpha value is -6.96. The highest BCUT2D eigenvalue weighted by Crippen LogP contribution is 2.53. The fraction of sp³-hybridized carbons (Fsp3) is 0.0545. The summed E-state index contributed by atoms with van der Waals surface area (Å²) in [6.45, 7) is 4.70. The van der Waals surface area contributed by atoms with E-state index in [0.29, 0.717) is 0 Å². The second-order valence-electron chi connectivity index (χ2n) is 15.3. The minimum atomic E-state index is -0.0523. The third kappa shape index (κ3) is 5.55. The lowest BCUT2D eigenvalue weighted by molar-refractivity contribution is 0.660. The fourth-order valence-corrected chi connectivity index (χ4v) is 9.03. The van der Waals surface area contributed by atoms with Gasteiger partial charge in [0.15, 0.2) is 0 Å². The molecule has 0 spiro atoms. The fourth-order valence-electron chi connectivity index (χ4n) is 9.03. The number of hydrogen-bond donors (Lipinski definition) is 0. The normalized spacial score (nSPS) is 12.6. The molecule has 9 aromatic rings. The van der Waals surface area contributed by atoms with Crippen LogP contribution in [0.1, 0.15) is 25.0 Å². The molecule has 0 aromatic heterocycles. The number of rotatable bonds is 7. The quantitative estimate of drug-likeness (QED) is 0.159. The van der Waals surface area contributed by atoms with Gasteiger partial charge in [-0.1, -0.05) is 202 Å². The summed E-state index contributed by atoms with van der Waals surface area (Å²) in [4.78, 5) is 2.48. The van der Waals surface area contributed by atoms with Crippen molar-refractivity contribution in [3.05, 3.63) is 223 Å². The molecular formula is C55H41N. The van der Waals surface area contributed by atoms with Crippen molar-refractivity contribution in [1.29, 1.82) is 0 Å². The Morgan fingerprint density at radius 3 is 1.55 bits per heavy atom. The zero-order valence-corrected chi connectivity index (χ0v) is 31.7. The van der Waals surface area contributed by atoms with Crippen molar-refractivity contribution >= 4 is 27.8 Å². The molecule has 1 heteroatoms. The standard InChI is InChI=1S/C55H41N/c1-55(2)49-30-14-13-27-48(49)53-45(28-16-31-50(53)55)41-34-36-42(37-35-41)56(51-32-15-23-39-22-9-10-25-44(39)51)52-33-17-29-46(40-20-7-4-8-21-40)54(52)47-26-12-11-24-43(47)38-18-5-3-6-19-38/h3-37H,1-2H3. The molecule has 0 saturated heterocycles. The van der Waals surface area contributed by atoms with Gasteiger partial charge in [0.05, 0.1) is 11.4 Å². The predicted octanol–water partition coefficient (Wildman–Crippen LogP) is 15.3. The molecule has 0 fully saturated rings. The lowest BCUT2D eigenvalue weighted by Crippen LogP contribution is -2.14. The zero-order valence-electron chi connectivity index (χ0n) is 31.7. The largest absolute Gasteiger partial charge is 0.309 e. The maximum Gasteiger partial charge on any atom is 0.0546 e. The van der Waals surface area contributed by atoms with E-state index in [1.807, 2.05) is 0 Å². The van der Waals surface area contributed by atoms with Crippen molar-refractivity contribution < 1.29 is 0 Å². The number of benzene rings is 9. The summed E-state index contributed by atoms with van der Waals surface area (Å²) >= 11 is 0. The topological polar surface area (TPSA) is 3.24 Å². The van der Waals surface area contributed by atoms with E-state index in [4.69, 9.17) is 0 Å². The van der Waals surface area contributed by atoms with Gasteiger partial charge >= 0.3 is 0 Å². The van der Waals surface area contributed by atoms with Crippen molar-refractivity contribution in [3.63, 3.8) is 0 Å². The van der Waals surface area contributed by atoms with Crippen LogP contribution in [0, 0.1) is 0 Å². The Morgan fingerprint density at radius 2 is 0.804 bits per heavy atom. The maximum atomic E-state index is 2.48. The highest BCUT2D eigenvalue weighted by atomic mass is 15.1. The average molecular weight is 716 g/mol. The van der Waals surface area contributed by atoms with E-state index in [1.54, 1.807) is 0 Å². The molecule has 9 aromatic carbocycles. The van der Waals surface area contributed by atoms with E-state index in [0.717, 1.165) is 17.1 Å². The number of hydrogen-bond acceptors (Lipinski definition) is 1. The van der Waals surface area contributed by atoms with Crippen LogP contribution < -0.4 is 4.90 Å². The van der Waals surface area contributed by atoms with E-state index >= 15 is 0 Å². The van der Waals surface area contributed by atoms with Crippen molar-refractivity contribution in [1.82, 2.24) is 0 Å². The minimum Gasteiger partial charge on any atom is -0.309 e. The smallest absolute Gasteiger partial charge is 0.0546 e. The molecule has 0 saturated carbocycles. The lowest BCUT2D eigenvalue weighted by Gasteiger charge is -2.31. The van der Waals surface area contributed by atoms with Gasteiger partial charge in [0.1, 0.15) is 0 Å². The molecule has 1 aliphatic carbocycles. The van der Waals surface area contributed by atoms with Crippen LogP contribution in [0.5, 0.6) is 0 Å². The molecule has 0 radical (unpaired) electrons. The third-order valence-corrected chi connectivity index (χ3v) is 11.7. The molecule has 0 amide bonds. The summed E-state index contributed by atoms with van der Waals surface area (Å²) in [6, 6.07) is 77.6. The Labute approximate surface area is 329 Å². The molecule has 0 aliphatic heterocycles. The minimum absolute atomic E-state index is 0.0523. The second-order valence-corrected chi connectivity index (χ2v) is 15.3. The molecule has 1 aliphatic rings. The van der Waals surface area contributed by atoms with Crippen LogP contribution in [0.15, 0.2) is 212 Å². The van der Waals surface area contributed by atoms with Gasteiger partial charge in [-0.05, 0) is 90.8 Å². The molecule has 0 unspecified atom stereocenters. The van der Waals surface area contributed by atoms with Gasteiger partial charge in [0.25, 0.3) is 0 Å². The van der Waals surface area contributed by atoms with Crippen molar-refractivity contribution in [2.24, 2.45) is 0 Å². The molecule has 266 valence electrons. The summed E-state index contributed by atoms with van der Waals surface area (Å²) < 4.78 is 0. The van der Waals surface area contributed by atoms with Crippen LogP contribution in [-0.2, 0) is 5.41 Å². The number of fused-ring (bicyclic) bond motifs is 4. The van der Waals surface area contributed by atoms with Crippen molar-refractivity contribution in [2.75, 3.05) is 4.90 Å². The van der Waals surface area contributed by atoms with Crippen LogP contribution in [0.3, 0.4) is 0 Å². The van der Waals surface area contributed by atoms with E-state index in [2.05, 4.69) is 231 Å². The van der Waals surface area contributed by atoms with E-state index in [9.17, 15) is 0 Å². The van der Waals surface area contributed by atoms with E-state index in [-0.39, 0.29) is 5.41 Å². The summed E-state index contributed by atoms with van der Waals surface area (Å²) in [6.07, 6.45) is 0. The van der Waals surface area contributed by atoms with Gasteiger partial charge in [0, 0.05) is 22.1 Å². The summed E-state index contributed by atoms with van der Waals surface area (Å²) in [5.74, 6) is 0. The van der Waals surface area contributed by atoms with Gasteiger partial charge in [-0.15, -0.1) is 0 Å². The highest BCUT2D eigenvalue weighted by molar-refractivity contribution is 6.05. The first kappa shape index (κ1) is 33.6. The van der Waals surface area contributed by atoms with Gasteiger partial charge in [-0.2, -0.15) is 0 Å². The number of anilines is 3. The highest BCUT2D eigenvalue weighted by Gasteiger charge is 2.36. The van der Waals surface area contributed by atoms with Gasteiger partial charge in [0.2, 0.25) is 0 Å². The average Bonchev–Trinajstić information content (AvgIpc) is 3.50. The third-order valence-electron chi connectivity index (χ3n) is 11.7. The monoisotopic (exact) mass is 715 g/mol. The van der Waals surface area contributed by atoms with Crippen LogP contribution in [0.2, 0.25) is 0 Å². The first-order valence-corrected chi connectivity index (χ1v) is 19.5. The Kier molecular flexibility index (Phi) is 8.23. The molecule has 0 atom stereocenters. The molecule has 56 heavy (non-hydrogen) atoms. The maximum absolute atomic E-state index is 2.48. The van der Waals surface area contributed by atoms with Crippen molar-refractivity contribution in [2.45, 2.75) is 19.3 Å². The van der Waals surface area contributed by atoms with Gasteiger partial charge in [-0.25, -0.2) is 0 Å². The number of nitrogens with zero attached hydrogens (tertiary/aromatic N) is 1. The lowest BCUT2D eigenvalue weighted by atomic mass is 9.82. The van der Waals surface area contributed by atoms with E-state index < -0.39 is 0 Å². The van der Waals surface area contributed by atoms with Crippen molar-refractivity contribution in [3.8, 4) is 55.6 Å². The Morgan fingerprint density at radius 1 is 0.321 bits per heavy atom. The Bertz CT molecular complexity index is 2860. The molecule has 0 bridgehead atoms. The summed E-state index contributed by atoms with van der Waals surface area (Å²) in [5.41, 5.74) is 18.4. The first-order valence-electron chi connectivity index (χ1n) is 19.5. The SMILES string of the molecule is CC1(C)c2ccccc2-c2c(-c3ccc(N(c4cccc(-c5ccccc5)c4-c4ccccc4-c4ccccc4)c4cccc5ccccc45)cc3)cccc21. The van der Waals surface area contributed by atoms with Crippen LogP contribution in [-0.4, -0.2) is 0 Å². The predicted molar refractivity (Wildman–Crippen MR) is 238 cm³/mol. The summed E-state index contributed by atoms with van der Waals surface area (Å²) in [7, 11) is 0. The van der Waals surface area contributed by atoms with Crippen LogP contribution >= 0.6 is 0 Å². The van der Waals surface area contributed by atoms with Gasteiger partial charge in [-0.3, -0.25) is 0 Å². The van der Waals surface area contributed by atoms with Crippen LogP contribution in [0.25, 0.3) is 66.4 Å². The Balaban J connectivity index is 1.22. The second kappa shape index (κ2) is 13.7. The molecule has 1 nitrogen and oxygen atoms in total.